The van der Waals surface area contributed by atoms with Crippen LogP contribution in [0.5, 0.6) is 0 Å². The molecule has 0 spiro atoms. The number of phosphoric ester groups is 2. The minimum Gasteiger partial charge on any atom is -0.462 e. The van der Waals surface area contributed by atoms with Crippen molar-refractivity contribution < 1.29 is 80.2 Å². The fraction of sp³-hybridized carbons (Fsp3) is 0.938. The molecule has 0 saturated carbocycles. The van der Waals surface area contributed by atoms with Crippen molar-refractivity contribution in [3.63, 3.8) is 0 Å². The van der Waals surface area contributed by atoms with Gasteiger partial charge in [-0.2, -0.15) is 0 Å². The van der Waals surface area contributed by atoms with Gasteiger partial charge in [0.15, 0.2) is 12.2 Å². The van der Waals surface area contributed by atoms with Gasteiger partial charge in [-0.25, -0.2) is 9.13 Å². The minimum atomic E-state index is -4.94. The standard InChI is InChI=1S/C64H124O17P2/c1-7-10-12-14-27-36-42-48-63(68)80-59(52-74-61(66)46-40-32-13-11-8-2)54-78-82(70,71)76-50-58(65)51-77-83(72,73)79-55-60(53-75-62(67)47-41-35-31-30-34-39-45-57(6)9-3)81-64(69)49-43-37-29-26-24-22-20-18-16-15-17-19-21-23-25-28-33-38-44-56(4)5/h56-60,65H,7-55H2,1-6H3,(H,70,71)(H,72,73)/t57?,58-,59+,60+/m0/s1. The van der Waals surface area contributed by atoms with E-state index in [0.29, 0.717) is 25.7 Å². The first-order chi connectivity index (χ1) is 39.9. The maximum atomic E-state index is 13.0. The maximum Gasteiger partial charge on any atom is 0.472 e. The van der Waals surface area contributed by atoms with Crippen LogP contribution in [-0.2, 0) is 65.4 Å². The smallest absolute Gasteiger partial charge is 0.462 e. The first-order valence-corrected chi connectivity index (χ1v) is 36.5. The number of aliphatic hydroxyl groups is 1. The van der Waals surface area contributed by atoms with Gasteiger partial charge in [-0.3, -0.25) is 37.3 Å². The summed E-state index contributed by atoms with van der Waals surface area (Å²) in [6.07, 6.45) is 39.7. The average Bonchev–Trinajstić information content (AvgIpc) is 3.47. The molecule has 0 rings (SSSR count). The van der Waals surface area contributed by atoms with Crippen LogP contribution in [-0.4, -0.2) is 96.7 Å². The molecule has 0 aliphatic carbocycles. The molecule has 0 fully saturated rings. The van der Waals surface area contributed by atoms with Crippen molar-refractivity contribution in [3.05, 3.63) is 0 Å². The third-order valence-corrected chi connectivity index (χ3v) is 17.0. The monoisotopic (exact) mass is 1230 g/mol. The quantitative estimate of drug-likeness (QED) is 0.0222. The van der Waals surface area contributed by atoms with Crippen molar-refractivity contribution in [2.24, 2.45) is 11.8 Å². The second-order valence-corrected chi connectivity index (χ2v) is 26.8. The topological polar surface area (TPSA) is 237 Å². The van der Waals surface area contributed by atoms with Gasteiger partial charge in [-0.15, -0.1) is 0 Å². The fourth-order valence-corrected chi connectivity index (χ4v) is 11.1. The molecule has 0 aromatic carbocycles. The normalized spacial score (nSPS) is 14.6. The van der Waals surface area contributed by atoms with Crippen LogP contribution in [0.1, 0.15) is 318 Å². The molecule has 0 radical (unpaired) electrons. The van der Waals surface area contributed by atoms with E-state index in [1.165, 1.54) is 109 Å². The molecule has 0 bridgehead atoms. The van der Waals surface area contributed by atoms with E-state index < -0.39 is 97.5 Å². The van der Waals surface area contributed by atoms with Crippen LogP contribution in [0.3, 0.4) is 0 Å². The predicted octanol–water partition coefficient (Wildman–Crippen LogP) is 17.7. The number of esters is 4. The van der Waals surface area contributed by atoms with Gasteiger partial charge >= 0.3 is 39.5 Å². The van der Waals surface area contributed by atoms with E-state index in [1.54, 1.807) is 0 Å². The Bertz CT molecular complexity index is 1630. The van der Waals surface area contributed by atoms with E-state index >= 15 is 0 Å². The van der Waals surface area contributed by atoms with Gasteiger partial charge in [-0.1, -0.05) is 266 Å². The molecule has 83 heavy (non-hydrogen) atoms. The lowest BCUT2D eigenvalue weighted by atomic mass is 10.00. The van der Waals surface area contributed by atoms with Crippen LogP contribution in [0.2, 0.25) is 0 Å². The van der Waals surface area contributed by atoms with Gasteiger partial charge in [0.25, 0.3) is 0 Å². The number of carbonyl (C=O) groups is 4. The summed E-state index contributed by atoms with van der Waals surface area (Å²) in [7, 11) is -9.87. The largest absolute Gasteiger partial charge is 0.472 e. The van der Waals surface area contributed by atoms with Gasteiger partial charge in [0.05, 0.1) is 26.4 Å². The summed E-state index contributed by atoms with van der Waals surface area (Å²) in [6.45, 7) is 9.35. The lowest BCUT2D eigenvalue weighted by Crippen LogP contribution is -2.30. The molecule has 0 amide bonds. The van der Waals surface area contributed by atoms with Crippen LogP contribution < -0.4 is 0 Å². The lowest BCUT2D eigenvalue weighted by Gasteiger charge is -2.21. The van der Waals surface area contributed by atoms with Crippen molar-refractivity contribution in [1.29, 1.82) is 0 Å². The van der Waals surface area contributed by atoms with Gasteiger partial charge in [0.2, 0.25) is 0 Å². The number of ether oxygens (including phenoxy) is 4. The number of unbranched alkanes of at least 4 members (excludes halogenated alkanes) is 32. The summed E-state index contributed by atoms with van der Waals surface area (Å²) in [4.78, 5) is 71.8. The molecular formula is C64H124O17P2. The molecule has 3 N–H and O–H groups in total. The van der Waals surface area contributed by atoms with Crippen LogP contribution in [0.15, 0.2) is 0 Å². The van der Waals surface area contributed by atoms with Crippen molar-refractivity contribution >= 4 is 39.5 Å². The summed E-state index contributed by atoms with van der Waals surface area (Å²) in [5.41, 5.74) is 0. The van der Waals surface area contributed by atoms with E-state index in [-0.39, 0.29) is 25.7 Å². The van der Waals surface area contributed by atoms with E-state index in [2.05, 4.69) is 41.5 Å². The molecule has 0 aliphatic heterocycles. The van der Waals surface area contributed by atoms with Crippen molar-refractivity contribution in [1.82, 2.24) is 0 Å². The van der Waals surface area contributed by atoms with Gasteiger partial charge in [-0.05, 0) is 37.5 Å². The predicted molar refractivity (Wildman–Crippen MR) is 331 cm³/mol. The molecule has 3 unspecified atom stereocenters. The molecule has 17 nitrogen and oxygen atoms in total. The zero-order valence-electron chi connectivity index (χ0n) is 53.5. The molecule has 19 heteroatoms. The summed E-state index contributed by atoms with van der Waals surface area (Å²) in [5.74, 6) is -0.600. The maximum absolute atomic E-state index is 13.0. The Kier molecular flexibility index (Phi) is 55.2. The molecular weight excluding hydrogens is 1100 g/mol. The number of hydrogen-bond acceptors (Lipinski definition) is 15. The number of rotatable bonds is 63. The average molecular weight is 1230 g/mol. The van der Waals surface area contributed by atoms with Crippen molar-refractivity contribution in [2.45, 2.75) is 336 Å². The van der Waals surface area contributed by atoms with E-state index in [0.717, 1.165) is 127 Å². The molecule has 0 saturated heterocycles. The van der Waals surface area contributed by atoms with Gasteiger partial charge in [0.1, 0.15) is 19.3 Å². The second kappa shape index (κ2) is 56.6. The molecule has 0 aromatic heterocycles. The van der Waals surface area contributed by atoms with Crippen LogP contribution >= 0.6 is 15.6 Å². The highest BCUT2D eigenvalue weighted by Gasteiger charge is 2.30. The highest BCUT2D eigenvalue weighted by molar-refractivity contribution is 7.47. The highest BCUT2D eigenvalue weighted by atomic mass is 31.2. The summed E-state index contributed by atoms with van der Waals surface area (Å²) < 4.78 is 67.6. The lowest BCUT2D eigenvalue weighted by molar-refractivity contribution is -0.161. The molecule has 492 valence electrons. The van der Waals surface area contributed by atoms with E-state index in [1.807, 2.05) is 0 Å². The molecule has 6 atom stereocenters. The third kappa shape index (κ3) is 57.6. The number of phosphoric acid groups is 2. The minimum absolute atomic E-state index is 0.103. The van der Waals surface area contributed by atoms with Crippen molar-refractivity contribution in [3.8, 4) is 0 Å². The Hall–Kier alpha value is -1.94. The zero-order chi connectivity index (χ0) is 61.5. The number of aliphatic hydroxyl groups excluding tert-OH is 1. The fourth-order valence-electron chi connectivity index (χ4n) is 9.50. The van der Waals surface area contributed by atoms with Gasteiger partial charge < -0.3 is 33.8 Å². The molecule has 0 heterocycles. The van der Waals surface area contributed by atoms with Gasteiger partial charge in [0, 0.05) is 25.7 Å². The number of hydrogen-bond donors (Lipinski definition) is 3. The Morgan fingerprint density at radius 3 is 0.916 bits per heavy atom. The van der Waals surface area contributed by atoms with Crippen LogP contribution in [0.4, 0.5) is 0 Å². The highest BCUT2D eigenvalue weighted by Crippen LogP contribution is 2.45. The number of carbonyl (C=O) groups excluding carboxylic acids is 4. The SMILES string of the molecule is CCCCCCCCCC(=O)O[C@H](COC(=O)CCCCCCC)COP(=O)(O)OC[C@H](O)COP(=O)(O)OC[C@@H](COC(=O)CCCCCCCCC(C)CC)OC(=O)CCCCCCCCCCCCCCCCCCCCC(C)C. The molecule has 0 aromatic rings. The van der Waals surface area contributed by atoms with Crippen LogP contribution in [0.25, 0.3) is 0 Å². The van der Waals surface area contributed by atoms with Crippen molar-refractivity contribution in [2.75, 3.05) is 39.6 Å². The summed E-state index contributed by atoms with van der Waals surface area (Å²) in [6, 6.07) is 0. The second-order valence-electron chi connectivity index (χ2n) is 23.9. The van der Waals surface area contributed by atoms with E-state index in [9.17, 15) is 43.2 Å². The molecule has 0 aliphatic rings. The summed E-state index contributed by atoms with van der Waals surface area (Å²) in [5, 5.41) is 10.5. The first kappa shape index (κ1) is 81.1. The van der Waals surface area contributed by atoms with Crippen LogP contribution in [0, 0.1) is 11.8 Å². The Morgan fingerprint density at radius 1 is 0.349 bits per heavy atom. The first-order valence-electron chi connectivity index (χ1n) is 33.5. The Morgan fingerprint density at radius 2 is 0.614 bits per heavy atom. The Balaban J connectivity index is 5.05. The zero-order valence-corrected chi connectivity index (χ0v) is 55.3. The van der Waals surface area contributed by atoms with E-state index in [4.69, 9.17) is 37.0 Å². The third-order valence-electron chi connectivity index (χ3n) is 15.1. The summed E-state index contributed by atoms with van der Waals surface area (Å²) >= 11 is 0. The Labute approximate surface area is 505 Å².